The molecule has 0 saturated carbocycles. The summed E-state index contributed by atoms with van der Waals surface area (Å²) in [5, 5.41) is 1.07. The third-order valence-electron chi connectivity index (χ3n) is 5.70. The monoisotopic (exact) mass is 426 g/mol. The molecule has 7 heteroatoms. The molecule has 3 aromatic heterocycles. The van der Waals surface area contributed by atoms with Crippen LogP contribution in [0.2, 0.25) is 25.7 Å². The Morgan fingerprint density at radius 2 is 1.83 bits per heavy atom. The highest BCUT2D eigenvalue weighted by Crippen LogP contribution is 2.37. The number of rotatable bonds is 7. The van der Waals surface area contributed by atoms with Crippen molar-refractivity contribution in [2.45, 2.75) is 51.7 Å². The van der Waals surface area contributed by atoms with Gasteiger partial charge in [0.1, 0.15) is 12.4 Å². The van der Waals surface area contributed by atoms with Crippen LogP contribution in [0.1, 0.15) is 19.3 Å². The van der Waals surface area contributed by atoms with Gasteiger partial charge in [-0.15, -0.1) is 0 Å². The standard InChI is InChI=1S/C23H31FN4OSi/c1-30(2,3)14-13-29-17-28-16-19(18-7-9-25-21(24)15-18)22-20(8-10-26-23(22)28)27-11-5-4-6-12-27/h7-10,15-16H,4-6,11-14,17H2,1-3H3. The normalized spacial score (nSPS) is 15.1. The Morgan fingerprint density at radius 3 is 2.57 bits per heavy atom. The van der Waals surface area contributed by atoms with Crippen LogP contribution in [0.15, 0.2) is 36.8 Å². The van der Waals surface area contributed by atoms with Gasteiger partial charge < -0.3 is 14.2 Å². The SMILES string of the molecule is C[Si](C)(C)CCOCn1cc(-c2ccnc(F)c2)c2c(N3CCCCC3)ccnc21. The van der Waals surface area contributed by atoms with Crippen LogP contribution >= 0.6 is 0 Å². The van der Waals surface area contributed by atoms with Gasteiger partial charge >= 0.3 is 0 Å². The highest BCUT2D eigenvalue weighted by atomic mass is 28.3. The molecule has 1 saturated heterocycles. The molecule has 5 nitrogen and oxygen atoms in total. The molecule has 1 fully saturated rings. The number of fused-ring (bicyclic) bond motifs is 1. The first-order chi connectivity index (χ1) is 14.4. The molecule has 1 aliphatic heterocycles. The fourth-order valence-corrected chi connectivity index (χ4v) is 4.78. The van der Waals surface area contributed by atoms with Crippen molar-refractivity contribution in [1.29, 1.82) is 0 Å². The zero-order valence-electron chi connectivity index (χ0n) is 18.2. The highest BCUT2D eigenvalue weighted by molar-refractivity contribution is 6.76. The quantitative estimate of drug-likeness (QED) is 0.283. The van der Waals surface area contributed by atoms with Crippen LogP contribution in [0, 0.1) is 5.95 Å². The molecular formula is C23H31FN4OSi. The van der Waals surface area contributed by atoms with Gasteiger partial charge in [-0.3, -0.25) is 0 Å². The molecule has 30 heavy (non-hydrogen) atoms. The molecule has 0 aliphatic carbocycles. The van der Waals surface area contributed by atoms with Crippen LogP contribution in [0.25, 0.3) is 22.2 Å². The first-order valence-corrected chi connectivity index (χ1v) is 14.6. The fraction of sp³-hybridized carbons (Fsp3) is 0.478. The van der Waals surface area contributed by atoms with Crippen molar-refractivity contribution in [1.82, 2.24) is 14.5 Å². The van der Waals surface area contributed by atoms with Crippen molar-refractivity contribution < 1.29 is 9.13 Å². The van der Waals surface area contributed by atoms with E-state index in [1.807, 2.05) is 12.3 Å². The van der Waals surface area contributed by atoms with E-state index in [9.17, 15) is 4.39 Å². The van der Waals surface area contributed by atoms with E-state index in [1.165, 1.54) is 37.2 Å². The molecule has 0 spiro atoms. The number of hydrogen-bond donors (Lipinski definition) is 0. The molecule has 1 aliphatic rings. The van der Waals surface area contributed by atoms with Gasteiger partial charge in [0.15, 0.2) is 0 Å². The lowest BCUT2D eigenvalue weighted by molar-refractivity contribution is 0.0899. The molecular weight excluding hydrogens is 395 g/mol. The average molecular weight is 427 g/mol. The molecule has 0 N–H and O–H groups in total. The Balaban J connectivity index is 1.73. The summed E-state index contributed by atoms with van der Waals surface area (Å²) in [6.07, 6.45) is 9.12. The van der Waals surface area contributed by atoms with E-state index in [0.29, 0.717) is 6.73 Å². The number of ether oxygens (including phenoxy) is 1. The minimum Gasteiger partial charge on any atom is -0.371 e. The zero-order valence-corrected chi connectivity index (χ0v) is 19.2. The minimum absolute atomic E-state index is 0.449. The molecule has 0 atom stereocenters. The maximum Gasteiger partial charge on any atom is 0.213 e. The van der Waals surface area contributed by atoms with Crippen LogP contribution in [-0.2, 0) is 11.5 Å². The minimum atomic E-state index is -1.14. The number of anilines is 1. The van der Waals surface area contributed by atoms with Gasteiger partial charge in [0.25, 0.3) is 0 Å². The molecule has 4 rings (SSSR count). The van der Waals surface area contributed by atoms with Gasteiger partial charge in [0.2, 0.25) is 5.95 Å². The largest absolute Gasteiger partial charge is 0.371 e. The summed E-state index contributed by atoms with van der Waals surface area (Å²) in [4.78, 5) is 10.9. The number of hydrogen-bond acceptors (Lipinski definition) is 4. The van der Waals surface area contributed by atoms with Gasteiger partial charge in [-0.1, -0.05) is 19.6 Å². The first kappa shape index (κ1) is 21.0. The van der Waals surface area contributed by atoms with Gasteiger partial charge in [0.05, 0.1) is 5.39 Å². The van der Waals surface area contributed by atoms with Crippen molar-refractivity contribution >= 4 is 24.8 Å². The molecule has 4 heterocycles. The zero-order chi connectivity index (χ0) is 21.1. The molecule has 0 unspecified atom stereocenters. The fourth-order valence-electron chi connectivity index (χ4n) is 4.03. The van der Waals surface area contributed by atoms with E-state index in [-0.39, 0.29) is 0 Å². The van der Waals surface area contributed by atoms with E-state index < -0.39 is 14.0 Å². The lowest BCUT2D eigenvalue weighted by Gasteiger charge is -2.29. The highest BCUT2D eigenvalue weighted by Gasteiger charge is 2.21. The molecule has 0 radical (unpaired) electrons. The molecule has 160 valence electrons. The number of pyridine rings is 2. The Kier molecular flexibility index (Phi) is 6.20. The predicted molar refractivity (Wildman–Crippen MR) is 123 cm³/mol. The Bertz CT molecular complexity index is 1010. The Labute approximate surface area is 178 Å². The van der Waals surface area contributed by atoms with Crippen molar-refractivity contribution in [3.05, 3.63) is 42.7 Å². The number of piperidine rings is 1. The van der Waals surface area contributed by atoms with Crippen molar-refractivity contribution in [3.8, 4) is 11.1 Å². The summed E-state index contributed by atoms with van der Waals surface area (Å²) in [5.41, 5.74) is 3.86. The van der Waals surface area contributed by atoms with E-state index in [2.05, 4.69) is 51.3 Å². The number of halogens is 1. The van der Waals surface area contributed by atoms with Crippen LogP contribution in [0.4, 0.5) is 10.1 Å². The van der Waals surface area contributed by atoms with E-state index in [4.69, 9.17) is 4.74 Å². The number of aromatic nitrogens is 3. The summed E-state index contributed by atoms with van der Waals surface area (Å²) in [5.74, 6) is -0.469. The lowest BCUT2D eigenvalue weighted by Crippen LogP contribution is -2.29. The summed E-state index contributed by atoms with van der Waals surface area (Å²) in [7, 11) is -1.14. The molecule has 0 aromatic carbocycles. The summed E-state index contributed by atoms with van der Waals surface area (Å²) >= 11 is 0. The van der Waals surface area contributed by atoms with Gasteiger partial charge in [-0.05, 0) is 43.0 Å². The molecule has 0 amide bonds. The van der Waals surface area contributed by atoms with Crippen LogP contribution in [-0.4, -0.2) is 42.3 Å². The average Bonchev–Trinajstić information content (AvgIpc) is 3.10. The van der Waals surface area contributed by atoms with Gasteiger partial charge in [0, 0.05) is 63.7 Å². The second kappa shape index (κ2) is 8.86. The van der Waals surface area contributed by atoms with Crippen molar-refractivity contribution in [2.75, 3.05) is 24.6 Å². The second-order valence-corrected chi connectivity index (χ2v) is 14.9. The van der Waals surface area contributed by atoms with Crippen LogP contribution < -0.4 is 4.90 Å². The molecule has 3 aromatic rings. The Morgan fingerprint density at radius 1 is 1.07 bits per heavy atom. The third-order valence-corrected chi connectivity index (χ3v) is 7.40. The Hall–Kier alpha value is -2.25. The predicted octanol–water partition coefficient (Wildman–Crippen LogP) is 5.54. The maximum absolute atomic E-state index is 13.9. The first-order valence-electron chi connectivity index (χ1n) is 10.8. The maximum atomic E-state index is 13.9. The van der Waals surface area contributed by atoms with Gasteiger partial charge in [-0.25, -0.2) is 9.97 Å². The van der Waals surface area contributed by atoms with Crippen molar-refractivity contribution in [3.63, 3.8) is 0 Å². The molecule has 0 bridgehead atoms. The topological polar surface area (TPSA) is 43.2 Å². The lowest BCUT2D eigenvalue weighted by atomic mass is 10.0. The summed E-state index contributed by atoms with van der Waals surface area (Å²) in [6, 6.07) is 6.57. The van der Waals surface area contributed by atoms with E-state index in [0.717, 1.165) is 47.9 Å². The smallest absolute Gasteiger partial charge is 0.213 e. The van der Waals surface area contributed by atoms with Crippen LogP contribution in [0.5, 0.6) is 0 Å². The van der Waals surface area contributed by atoms with Crippen LogP contribution in [0.3, 0.4) is 0 Å². The summed E-state index contributed by atoms with van der Waals surface area (Å²) < 4.78 is 22.0. The van der Waals surface area contributed by atoms with Crippen molar-refractivity contribution in [2.24, 2.45) is 0 Å². The summed E-state index contributed by atoms with van der Waals surface area (Å²) in [6.45, 7) is 10.3. The van der Waals surface area contributed by atoms with E-state index in [1.54, 1.807) is 0 Å². The second-order valence-electron chi connectivity index (χ2n) is 9.30. The van der Waals surface area contributed by atoms with Gasteiger partial charge in [-0.2, -0.15) is 4.39 Å². The number of nitrogens with zero attached hydrogens (tertiary/aromatic N) is 4. The third kappa shape index (κ3) is 4.73. The van der Waals surface area contributed by atoms with E-state index >= 15 is 0 Å².